The lowest BCUT2D eigenvalue weighted by molar-refractivity contribution is -0.151. The van der Waals surface area contributed by atoms with Crippen LogP contribution in [0.15, 0.2) is 30.3 Å². The zero-order valence-corrected chi connectivity index (χ0v) is 12.2. The van der Waals surface area contributed by atoms with E-state index in [-0.39, 0.29) is 6.42 Å². The number of ether oxygens (including phenoxy) is 1. The van der Waals surface area contributed by atoms with Crippen LogP contribution < -0.4 is 0 Å². The summed E-state index contributed by atoms with van der Waals surface area (Å²) < 4.78 is 4.86. The lowest BCUT2D eigenvalue weighted by atomic mass is 9.96. The predicted octanol–water partition coefficient (Wildman–Crippen LogP) is 1.93. The number of aryl methyl sites for hydroxylation is 1. The largest absolute Gasteiger partial charge is 0.466 e. The van der Waals surface area contributed by atoms with E-state index in [9.17, 15) is 15.0 Å². The predicted molar refractivity (Wildman–Crippen MR) is 77.2 cm³/mol. The van der Waals surface area contributed by atoms with E-state index in [0.717, 1.165) is 12.0 Å². The molecule has 2 N–H and O–H groups in total. The third kappa shape index (κ3) is 5.72. The quantitative estimate of drug-likeness (QED) is 0.714. The van der Waals surface area contributed by atoms with Crippen molar-refractivity contribution in [2.24, 2.45) is 5.92 Å². The van der Waals surface area contributed by atoms with Crippen LogP contribution in [-0.2, 0) is 16.0 Å². The molecule has 0 amide bonds. The van der Waals surface area contributed by atoms with E-state index in [0.29, 0.717) is 13.0 Å². The van der Waals surface area contributed by atoms with Gasteiger partial charge in [-0.2, -0.15) is 0 Å². The van der Waals surface area contributed by atoms with Crippen molar-refractivity contribution in [3.05, 3.63) is 35.9 Å². The molecule has 0 saturated carbocycles. The molecule has 0 aliphatic rings. The second-order valence-corrected chi connectivity index (χ2v) is 5.02. The van der Waals surface area contributed by atoms with Crippen LogP contribution in [0.2, 0.25) is 0 Å². The van der Waals surface area contributed by atoms with Gasteiger partial charge in [0.2, 0.25) is 0 Å². The van der Waals surface area contributed by atoms with Gasteiger partial charge in [0.1, 0.15) is 0 Å². The Morgan fingerprint density at radius 2 is 1.90 bits per heavy atom. The molecule has 1 aromatic carbocycles. The zero-order valence-electron chi connectivity index (χ0n) is 12.2. The van der Waals surface area contributed by atoms with E-state index in [1.54, 1.807) is 13.8 Å². The van der Waals surface area contributed by atoms with Gasteiger partial charge in [-0.3, -0.25) is 4.79 Å². The minimum Gasteiger partial charge on any atom is -0.466 e. The minimum atomic E-state index is -0.875. The van der Waals surface area contributed by atoms with Gasteiger partial charge < -0.3 is 14.9 Å². The summed E-state index contributed by atoms with van der Waals surface area (Å²) in [7, 11) is 0. The van der Waals surface area contributed by atoms with Crippen molar-refractivity contribution in [3.8, 4) is 0 Å². The maximum Gasteiger partial charge on any atom is 0.311 e. The molecule has 4 nitrogen and oxygen atoms in total. The van der Waals surface area contributed by atoms with E-state index in [4.69, 9.17) is 4.74 Å². The Morgan fingerprint density at radius 1 is 1.25 bits per heavy atom. The van der Waals surface area contributed by atoms with Crippen LogP contribution in [0.4, 0.5) is 0 Å². The molecule has 0 aliphatic heterocycles. The number of benzene rings is 1. The summed E-state index contributed by atoms with van der Waals surface area (Å²) in [6.45, 7) is 3.64. The van der Waals surface area contributed by atoms with Crippen molar-refractivity contribution in [1.82, 2.24) is 0 Å². The third-order valence-electron chi connectivity index (χ3n) is 3.36. The van der Waals surface area contributed by atoms with Crippen molar-refractivity contribution < 1.29 is 19.7 Å². The van der Waals surface area contributed by atoms with Crippen molar-refractivity contribution in [1.29, 1.82) is 0 Å². The van der Waals surface area contributed by atoms with Crippen LogP contribution in [0.3, 0.4) is 0 Å². The highest BCUT2D eigenvalue weighted by atomic mass is 16.5. The van der Waals surface area contributed by atoms with Crippen LogP contribution in [-0.4, -0.2) is 35.0 Å². The number of esters is 1. The van der Waals surface area contributed by atoms with E-state index in [1.165, 1.54) is 0 Å². The van der Waals surface area contributed by atoms with Crippen LogP contribution in [0.25, 0.3) is 0 Å². The Hall–Kier alpha value is -1.39. The normalized spacial score (nSPS) is 15.4. The Kier molecular flexibility index (Phi) is 7.26. The van der Waals surface area contributed by atoms with Crippen LogP contribution in [0.5, 0.6) is 0 Å². The fraction of sp³-hybridized carbons (Fsp3) is 0.562. The molecule has 20 heavy (non-hydrogen) atoms. The smallest absolute Gasteiger partial charge is 0.311 e. The maximum atomic E-state index is 11.5. The number of aliphatic hydroxyl groups excluding tert-OH is 2. The monoisotopic (exact) mass is 280 g/mol. The van der Waals surface area contributed by atoms with Crippen molar-refractivity contribution >= 4 is 5.97 Å². The fourth-order valence-corrected chi connectivity index (χ4v) is 2.01. The van der Waals surface area contributed by atoms with Gasteiger partial charge in [-0.1, -0.05) is 30.3 Å². The molecule has 0 heterocycles. The van der Waals surface area contributed by atoms with E-state index < -0.39 is 24.1 Å². The molecule has 0 aliphatic carbocycles. The number of hydrogen-bond acceptors (Lipinski definition) is 4. The van der Waals surface area contributed by atoms with Gasteiger partial charge in [0.05, 0.1) is 24.7 Å². The number of rotatable bonds is 8. The molecule has 1 aromatic rings. The Morgan fingerprint density at radius 3 is 2.50 bits per heavy atom. The summed E-state index contributed by atoms with van der Waals surface area (Å²) in [5.74, 6) is -1.03. The van der Waals surface area contributed by atoms with E-state index >= 15 is 0 Å². The molecule has 0 radical (unpaired) electrons. The molecular weight excluding hydrogens is 256 g/mol. The number of carbonyl (C=O) groups excluding carboxylic acids is 1. The van der Waals surface area contributed by atoms with Crippen molar-refractivity contribution in [2.45, 2.75) is 45.3 Å². The second kappa shape index (κ2) is 8.72. The summed E-state index contributed by atoms with van der Waals surface area (Å²) in [4.78, 5) is 11.5. The molecule has 4 heteroatoms. The minimum absolute atomic E-state index is 0.187. The summed E-state index contributed by atoms with van der Waals surface area (Å²) >= 11 is 0. The van der Waals surface area contributed by atoms with Gasteiger partial charge in [-0.05, 0) is 32.3 Å². The summed E-state index contributed by atoms with van der Waals surface area (Å²) in [5, 5.41) is 19.9. The SMILES string of the molecule is CCOC(=O)[C@H](C)[C@H](O)C[C@H](O)CCc1ccccc1. The highest BCUT2D eigenvalue weighted by Gasteiger charge is 2.25. The summed E-state index contributed by atoms with van der Waals surface area (Å²) in [6.07, 6.45) is 0.00766. The average molecular weight is 280 g/mol. The molecule has 3 atom stereocenters. The molecule has 0 spiro atoms. The highest BCUT2D eigenvalue weighted by Crippen LogP contribution is 2.15. The van der Waals surface area contributed by atoms with Gasteiger partial charge in [0.15, 0.2) is 0 Å². The number of aliphatic hydroxyl groups is 2. The standard InChI is InChI=1S/C16H24O4/c1-3-20-16(19)12(2)15(18)11-14(17)10-9-13-7-5-4-6-8-13/h4-8,12,14-15,17-18H,3,9-11H2,1-2H3/t12-,14-,15-/m1/s1. The molecule has 0 fully saturated rings. The van der Waals surface area contributed by atoms with Gasteiger partial charge in [0, 0.05) is 6.42 Å². The van der Waals surface area contributed by atoms with Crippen LogP contribution >= 0.6 is 0 Å². The Labute approximate surface area is 120 Å². The van der Waals surface area contributed by atoms with Crippen LogP contribution in [0.1, 0.15) is 32.3 Å². The molecular formula is C16H24O4. The highest BCUT2D eigenvalue weighted by molar-refractivity contribution is 5.72. The van der Waals surface area contributed by atoms with Crippen molar-refractivity contribution in [3.63, 3.8) is 0 Å². The Balaban J connectivity index is 2.34. The number of carbonyl (C=O) groups is 1. The van der Waals surface area contributed by atoms with Crippen molar-refractivity contribution in [2.75, 3.05) is 6.61 Å². The topological polar surface area (TPSA) is 66.8 Å². The lowest BCUT2D eigenvalue weighted by Gasteiger charge is -2.20. The second-order valence-electron chi connectivity index (χ2n) is 5.02. The molecule has 1 rings (SSSR count). The van der Waals surface area contributed by atoms with Gasteiger partial charge in [-0.25, -0.2) is 0 Å². The van der Waals surface area contributed by atoms with Crippen LogP contribution in [0, 0.1) is 5.92 Å². The van der Waals surface area contributed by atoms with E-state index in [1.807, 2.05) is 30.3 Å². The molecule has 112 valence electrons. The first-order valence-corrected chi connectivity index (χ1v) is 7.11. The summed E-state index contributed by atoms with van der Waals surface area (Å²) in [5.41, 5.74) is 1.15. The number of hydrogen-bond donors (Lipinski definition) is 2. The summed E-state index contributed by atoms with van der Waals surface area (Å²) in [6, 6.07) is 9.87. The average Bonchev–Trinajstić information content (AvgIpc) is 2.45. The van der Waals surface area contributed by atoms with Gasteiger partial charge in [0.25, 0.3) is 0 Å². The molecule has 0 bridgehead atoms. The first-order chi connectivity index (χ1) is 9.54. The fourth-order valence-electron chi connectivity index (χ4n) is 2.01. The maximum absolute atomic E-state index is 11.5. The van der Waals surface area contributed by atoms with Gasteiger partial charge >= 0.3 is 5.97 Å². The molecule has 0 unspecified atom stereocenters. The first kappa shape index (κ1) is 16.7. The third-order valence-corrected chi connectivity index (χ3v) is 3.36. The lowest BCUT2D eigenvalue weighted by Crippen LogP contribution is -2.31. The van der Waals surface area contributed by atoms with E-state index in [2.05, 4.69) is 0 Å². The molecule has 0 saturated heterocycles. The molecule has 0 aromatic heterocycles. The van der Waals surface area contributed by atoms with Gasteiger partial charge in [-0.15, -0.1) is 0 Å². The zero-order chi connectivity index (χ0) is 15.0. The first-order valence-electron chi connectivity index (χ1n) is 7.11. The Bertz CT molecular complexity index is 391.